The molecule has 10 heteroatoms. The number of hydrogen-bond acceptors (Lipinski definition) is 7. The van der Waals surface area contributed by atoms with Crippen molar-refractivity contribution in [3.05, 3.63) is 89.3 Å². The van der Waals surface area contributed by atoms with Crippen LogP contribution in [0, 0.1) is 0 Å². The Morgan fingerprint density at radius 3 is 2.45 bits per heavy atom. The number of anilines is 2. The van der Waals surface area contributed by atoms with Crippen molar-refractivity contribution in [2.75, 3.05) is 43.5 Å². The highest BCUT2D eigenvalue weighted by atomic mass is 35.5. The molecule has 0 atom stereocenters. The summed E-state index contributed by atoms with van der Waals surface area (Å²) in [6, 6.07) is 22.5. The normalized spacial score (nSPS) is 13.3. The molecule has 9 nitrogen and oxygen atoms in total. The van der Waals surface area contributed by atoms with Crippen molar-refractivity contribution in [2.45, 2.75) is 6.61 Å². The smallest absolute Gasteiger partial charge is 0.410 e. The van der Waals surface area contributed by atoms with Gasteiger partial charge in [-0.25, -0.2) is 14.8 Å². The minimum absolute atomic E-state index is 0.0344. The number of nitrogens with zero attached hydrogens (tertiary/aromatic N) is 4. The van der Waals surface area contributed by atoms with Gasteiger partial charge >= 0.3 is 6.09 Å². The molecular formula is C28H26ClN5O4. The summed E-state index contributed by atoms with van der Waals surface area (Å²) in [7, 11) is 1.58. The van der Waals surface area contributed by atoms with Crippen LogP contribution in [0.15, 0.2) is 72.8 Å². The van der Waals surface area contributed by atoms with Crippen molar-refractivity contribution < 1.29 is 19.1 Å². The van der Waals surface area contributed by atoms with Gasteiger partial charge in [0.1, 0.15) is 23.9 Å². The number of amides is 2. The van der Waals surface area contributed by atoms with Gasteiger partial charge in [0.15, 0.2) is 0 Å². The van der Waals surface area contributed by atoms with Crippen molar-refractivity contribution in [1.29, 1.82) is 0 Å². The molecule has 1 saturated heterocycles. The van der Waals surface area contributed by atoms with Gasteiger partial charge in [-0.05, 0) is 28.6 Å². The first-order chi connectivity index (χ1) is 18.5. The van der Waals surface area contributed by atoms with Crippen molar-refractivity contribution in [3.63, 3.8) is 0 Å². The van der Waals surface area contributed by atoms with Gasteiger partial charge in [-0.3, -0.25) is 4.79 Å². The lowest BCUT2D eigenvalue weighted by Gasteiger charge is -2.34. The second-order valence-electron chi connectivity index (χ2n) is 8.74. The Bertz CT molecular complexity index is 1460. The lowest BCUT2D eigenvalue weighted by molar-refractivity contribution is 0.0941. The third kappa shape index (κ3) is 5.78. The molecule has 1 aromatic heterocycles. The van der Waals surface area contributed by atoms with Crippen LogP contribution < -0.4 is 15.0 Å². The number of halogens is 1. The molecule has 1 fully saturated rings. The van der Waals surface area contributed by atoms with Gasteiger partial charge in [0.2, 0.25) is 5.28 Å². The molecule has 194 valence electrons. The number of nitrogens with one attached hydrogen (secondary N) is 1. The number of aromatic nitrogens is 2. The largest absolute Gasteiger partial charge is 0.497 e. The Balaban J connectivity index is 1.25. The summed E-state index contributed by atoms with van der Waals surface area (Å²) in [6.45, 7) is 2.15. The number of carbonyl (C=O) groups excluding carboxylic acids is 2. The lowest BCUT2D eigenvalue weighted by Crippen LogP contribution is -2.49. The fourth-order valence-corrected chi connectivity index (χ4v) is 4.48. The van der Waals surface area contributed by atoms with Crippen LogP contribution in [0.3, 0.4) is 0 Å². The number of benzene rings is 3. The lowest BCUT2D eigenvalue weighted by atomic mass is 10.1. The second-order valence-corrected chi connectivity index (χ2v) is 9.08. The molecule has 0 spiro atoms. The summed E-state index contributed by atoms with van der Waals surface area (Å²) < 4.78 is 10.8. The van der Waals surface area contributed by atoms with Gasteiger partial charge in [-0.1, -0.05) is 54.6 Å². The average Bonchev–Trinajstić information content (AvgIpc) is 2.96. The molecule has 1 N–H and O–H groups in total. The SMILES string of the molecule is COc1cc(NC(=O)c2cc(N3CCN(C(=O)OCc4ccccc4)CC3)nc(Cl)n2)c2ccccc2c1. The van der Waals surface area contributed by atoms with Crippen LogP contribution in [0.25, 0.3) is 10.8 Å². The summed E-state index contributed by atoms with van der Waals surface area (Å²) in [6.07, 6.45) is -0.361. The first-order valence-electron chi connectivity index (χ1n) is 12.1. The summed E-state index contributed by atoms with van der Waals surface area (Å²) in [5, 5.41) is 4.70. The van der Waals surface area contributed by atoms with Gasteiger partial charge in [-0.2, -0.15) is 0 Å². The quantitative estimate of drug-likeness (QED) is 0.349. The summed E-state index contributed by atoms with van der Waals surface area (Å²) in [5.74, 6) is 0.723. The highest BCUT2D eigenvalue weighted by Gasteiger charge is 2.24. The van der Waals surface area contributed by atoms with E-state index in [1.54, 1.807) is 24.1 Å². The minimum atomic E-state index is -0.419. The Labute approximate surface area is 225 Å². The van der Waals surface area contributed by atoms with E-state index < -0.39 is 5.91 Å². The Morgan fingerprint density at radius 2 is 1.68 bits per heavy atom. The van der Waals surface area contributed by atoms with Crippen LogP contribution in [-0.2, 0) is 11.3 Å². The van der Waals surface area contributed by atoms with E-state index >= 15 is 0 Å². The zero-order valence-electron chi connectivity index (χ0n) is 20.8. The van der Waals surface area contributed by atoms with E-state index in [0.717, 1.165) is 16.3 Å². The molecular weight excluding hydrogens is 506 g/mol. The molecule has 1 aliphatic heterocycles. The molecule has 0 bridgehead atoms. The maximum Gasteiger partial charge on any atom is 0.410 e. The fourth-order valence-electron chi connectivity index (χ4n) is 4.30. The van der Waals surface area contributed by atoms with Gasteiger partial charge in [0.05, 0.1) is 12.8 Å². The molecule has 2 heterocycles. The monoisotopic (exact) mass is 531 g/mol. The van der Waals surface area contributed by atoms with E-state index in [2.05, 4.69) is 15.3 Å². The van der Waals surface area contributed by atoms with Crippen molar-refractivity contribution in [2.24, 2.45) is 0 Å². The van der Waals surface area contributed by atoms with E-state index in [1.807, 2.05) is 65.6 Å². The average molecular weight is 532 g/mol. The Hall–Kier alpha value is -4.37. The Morgan fingerprint density at radius 1 is 0.947 bits per heavy atom. The molecule has 2 amide bonds. The predicted octanol–water partition coefficient (Wildman–Crippen LogP) is 5.00. The Kier molecular flexibility index (Phi) is 7.55. The van der Waals surface area contributed by atoms with E-state index in [-0.39, 0.29) is 23.7 Å². The second kappa shape index (κ2) is 11.4. The van der Waals surface area contributed by atoms with Crippen LogP contribution in [0.5, 0.6) is 5.75 Å². The van der Waals surface area contributed by atoms with Gasteiger partial charge in [0, 0.05) is 43.7 Å². The van der Waals surface area contributed by atoms with E-state index in [0.29, 0.717) is 43.4 Å². The number of carbonyl (C=O) groups is 2. The zero-order chi connectivity index (χ0) is 26.5. The van der Waals surface area contributed by atoms with Crippen molar-refractivity contribution in [1.82, 2.24) is 14.9 Å². The van der Waals surface area contributed by atoms with Crippen LogP contribution in [0.2, 0.25) is 5.28 Å². The highest BCUT2D eigenvalue weighted by molar-refractivity contribution is 6.28. The van der Waals surface area contributed by atoms with E-state index in [9.17, 15) is 9.59 Å². The zero-order valence-corrected chi connectivity index (χ0v) is 21.5. The third-order valence-corrected chi connectivity index (χ3v) is 6.47. The number of ether oxygens (including phenoxy) is 2. The molecule has 0 unspecified atom stereocenters. The molecule has 38 heavy (non-hydrogen) atoms. The van der Waals surface area contributed by atoms with Crippen LogP contribution in [0.1, 0.15) is 16.1 Å². The predicted molar refractivity (Wildman–Crippen MR) is 146 cm³/mol. The van der Waals surface area contributed by atoms with Crippen LogP contribution >= 0.6 is 11.6 Å². The first-order valence-corrected chi connectivity index (χ1v) is 12.5. The van der Waals surface area contributed by atoms with Crippen molar-refractivity contribution >= 4 is 45.9 Å². The van der Waals surface area contributed by atoms with E-state index in [1.165, 1.54) is 0 Å². The molecule has 1 aliphatic rings. The summed E-state index contributed by atoms with van der Waals surface area (Å²) in [4.78, 5) is 37.8. The minimum Gasteiger partial charge on any atom is -0.497 e. The summed E-state index contributed by atoms with van der Waals surface area (Å²) >= 11 is 6.20. The highest BCUT2D eigenvalue weighted by Crippen LogP contribution is 2.30. The maximum atomic E-state index is 13.2. The first kappa shape index (κ1) is 25.3. The maximum absolute atomic E-state index is 13.2. The molecule has 4 aromatic rings. The number of hydrogen-bond donors (Lipinski definition) is 1. The molecule has 5 rings (SSSR count). The van der Waals surface area contributed by atoms with Crippen LogP contribution in [0.4, 0.5) is 16.3 Å². The molecule has 0 radical (unpaired) electrons. The topological polar surface area (TPSA) is 96.9 Å². The number of rotatable bonds is 6. The standard InChI is InChI=1S/C28H26ClN5O4/c1-37-21-15-20-9-5-6-10-22(20)23(16-21)30-26(35)24-17-25(32-27(29)31-24)33-11-13-34(14-12-33)28(36)38-18-19-7-3-2-4-8-19/h2-10,15-17H,11-14,18H2,1H3,(H,30,35). The van der Waals surface area contributed by atoms with E-state index in [4.69, 9.17) is 21.1 Å². The van der Waals surface area contributed by atoms with Gasteiger partial charge in [0.25, 0.3) is 5.91 Å². The number of fused-ring (bicyclic) bond motifs is 1. The molecule has 3 aromatic carbocycles. The summed E-state index contributed by atoms with van der Waals surface area (Å²) in [5.41, 5.74) is 1.67. The fraction of sp³-hybridized carbons (Fsp3) is 0.214. The van der Waals surface area contributed by atoms with Gasteiger partial charge < -0.3 is 24.6 Å². The van der Waals surface area contributed by atoms with Crippen molar-refractivity contribution in [3.8, 4) is 5.75 Å². The number of piperazine rings is 1. The van der Waals surface area contributed by atoms with Crippen LogP contribution in [-0.4, -0.2) is 60.2 Å². The third-order valence-electron chi connectivity index (χ3n) is 6.30. The molecule has 0 aliphatic carbocycles. The number of methoxy groups -OCH3 is 1. The molecule has 0 saturated carbocycles. The van der Waals surface area contributed by atoms with Gasteiger partial charge in [-0.15, -0.1) is 0 Å².